The monoisotopic (exact) mass is 426 g/mol. The van der Waals surface area contributed by atoms with Crippen LogP contribution in [0.3, 0.4) is 0 Å². The van der Waals surface area contributed by atoms with Crippen molar-refractivity contribution < 1.29 is 18.4 Å². The van der Waals surface area contributed by atoms with Crippen LogP contribution >= 0.6 is 11.8 Å². The Morgan fingerprint density at radius 1 is 1.17 bits per heavy atom. The number of aryl methyl sites for hydroxylation is 2. The molecule has 0 spiro atoms. The predicted molar refractivity (Wildman–Crippen MR) is 112 cm³/mol. The van der Waals surface area contributed by atoms with E-state index in [0.29, 0.717) is 40.9 Å². The first-order valence-electron chi connectivity index (χ1n) is 9.25. The molecule has 0 fully saturated rings. The molecule has 2 aromatic carbocycles. The molecule has 0 atom stereocenters. The summed E-state index contributed by atoms with van der Waals surface area (Å²) in [5.74, 6) is 1.56. The number of aromatic nitrogens is 4. The van der Waals surface area contributed by atoms with Crippen molar-refractivity contribution in [2.75, 3.05) is 20.0 Å². The van der Waals surface area contributed by atoms with Crippen molar-refractivity contribution in [2.24, 2.45) is 0 Å². The van der Waals surface area contributed by atoms with Crippen molar-refractivity contribution in [3.63, 3.8) is 0 Å². The van der Waals surface area contributed by atoms with E-state index in [9.17, 15) is 4.39 Å². The van der Waals surface area contributed by atoms with Crippen molar-refractivity contribution in [2.45, 2.75) is 23.0 Å². The molecule has 0 aliphatic heterocycles. The smallest absolute Gasteiger partial charge is 0.294 e. The number of fused-ring (bicyclic) bond motifs is 1. The number of rotatable bonds is 7. The van der Waals surface area contributed by atoms with E-state index in [0.717, 1.165) is 16.2 Å². The largest absolute Gasteiger partial charge is 0.497 e. The Hall–Kier alpha value is -3.33. The van der Waals surface area contributed by atoms with Gasteiger partial charge in [0.05, 0.1) is 25.7 Å². The molecule has 154 valence electrons. The third-order valence-corrected chi connectivity index (χ3v) is 5.56. The van der Waals surface area contributed by atoms with Gasteiger partial charge in [-0.2, -0.15) is 0 Å². The molecule has 0 saturated carbocycles. The lowest BCUT2D eigenvalue weighted by Crippen LogP contribution is -2.36. The number of benzene rings is 2. The van der Waals surface area contributed by atoms with Crippen molar-refractivity contribution in [3.05, 3.63) is 60.2 Å². The lowest BCUT2D eigenvalue weighted by atomic mass is 10.1. The number of imidazole rings is 1. The molecule has 9 heteroatoms. The van der Waals surface area contributed by atoms with Crippen LogP contribution in [0.1, 0.15) is 5.56 Å². The van der Waals surface area contributed by atoms with Gasteiger partial charge in [0.1, 0.15) is 17.3 Å². The first-order chi connectivity index (χ1) is 14.6. The van der Waals surface area contributed by atoms with Crippen molar-refractivity contribution in [1.82, 2.24) is 15.0 Å². The minimum atomic E-state index is -0.247. The van der Waals surface area contributed by atoms with Gasteiger partial charge in [-0.25, -0.2) is 8.96 Å². The van der Waals surface area contributed by atoms with Gasteiger partial charge in [-0.1, -0.05) is 22.1 Å². The van der Waals surface area contributed by atoms with E-state index >= 15 is 0 Å². The zero-order valence-electron chi connectivity index (χ0n) is 16.6. The van der Waals surface area contributed by atoms with Crippen LogP contribution in [0, 0.1) is 5.82 Å². The summed E-state index contributed by atoms with van der Waals surface area (Å²) in [5.41, 5.74) is 8.30. The molecule has 30 heavy (non-hydrogen) atoms. The number of hydrogen-bond donors (Lipinski definition) is 2. The zero-order chi connectivity index (χ0) is 21.1. The molecule has 3 N–H and O–H groups in total. The lowest BCUT2D eigenvalue weighted by Gasteiger charge is -2.07. The molecule has 2 aromatic heterocycles. The summed E-state index contributed by atoms with van der Waals surface area (Å²) in [6, 6.07) is 12.1. The first kappa shape index (κ1) is 20.0. The molecule has 0 amide bonds. The maximum atomic E-state index is 13.5. The number of ether oxygens (including phenoxy) is 2. The third-order valence-electron chi connectivity index (χ3n) is 4.64. The molecular formula is C21H21FN5O2S+. The highest BCUT2D eigenvalue weighted by atomic mass is 32.2. The number of nitrogens with one attached hydrogen (secondary N) is 1. The average molecular weight is 426 g/mol. The maximum Gasteiger partial charge on any atom is 0.294 e. The predicted octanol–water partition coefficient (Wildman–Crippen LogP) is 3.38. The summed E-state index contributed by atoms with van der Waals surface area (Å²) in [6.45, 7) is 0.588. The molecule has 7 nitrogen and oxygen atoms in total. The van der Waals surface area contributed by atoms with Crippen LogP contribution in [0.5, 0.6) is 11.5 Å². The fourth-order valence-electron chi connectivity index (χ4n) is 3.10. The number of nitrogens with zero attached hydrogens (tertiary/aromatic N) is 3. The van der Waals surface area contributed by atoms with Crippen LogP contribution in [0.2, 0.25) is 0 Å². The standard InChI is InChI=1S/C21H20FN5O2S/c1-28-15-6-7-16(29-2)17(11-15)30-21-25-18-19(23)24-12-27(20(18)26-21)9-8-13-4-3-5-14(22)10-13/h3-7,10-12H,8-9H2,1-2H3,(H2,23,25,26)/p+1. The number of nitrogen functional groups attached to an aromatic ring is 1. The fourth-order valence-corrected chi connectivity index (χ4v) is 4.02. The molecule has 0 unspecified atom stereocenters. The third kappa shape index (κ3) is 4.16. The Labute approximate surface area is 177 Å². The zero-order valence-corrected chi connectivity index (χ0v) is 17.4. The minimum absolute atomic E-state index is 0.247. The van der Waals surface area contributed by atoms with Gasteiger partial charge in [-0.15, -0.1) is 0 Å². The van der Waals surface area contributed by atoms with Crippen LogP contribution in [0.4, 0.5) is 10.2 Å². The summed E-state index contributed by atoms with van der Waals surface area (Å²) in [5, 5.41) is 0.649. The first-order valence-corrected chi connectivity index (χ1v) is 10.1. The molecule has 0 saturated heterocycles. The summed E-state index contributed by atoms with van der Waals surface area (Å²) in [6.07, 6.45) is 2.29. The number of anilines is 1. The normalized spacial score (nSPS) is 11.0. The van der Waals surface area contributed by atoms with Crippen LogP contribution in [0.15, 0.2) is 58.8 Å². The molecule has 0 bridgehead atoms. The van der Waals surface area contributed by atoms with Crippen molar-refractivity contribution in [1.29, 1.82) is 0 Å². The molecule has 2 heterocycles. The highest BCUT2D eigenvalue weighted by molar-refractivity contribution is 7.99. The highest BCUT2D eigenvalue weighted by Crippen LogP contribution is 2.36. The Morgan fingerprint density at radius 3 is 2.80 bits per heavy atom. The second-order valence-electron chi connectivity index (χ2n) is 6.56. The van der Waals surface area contributed by atoms with Crippen molar-refractivity contribution >= 4 is 28.7 Å². The lowest BCUT2D eigenvalue weighted by molar-refractivity contribution is -0.675. The maximum absolute atomic E-state index is 13.5. The Kier molecular flexibility index (Phi) is 5.71. The number of hydrogen-bond acceptors (Lipinski definition) is 6. The van der Waals surface area contributed by atoms with Crippen molar-refractivity contribution in [3.8, 4) is 11.5 Å². The van der Waals surface area contributed by atoms with Crippen LogP contribution in [-0.4, -0.2) is 29.2 Å². The van der Waals surface area contributed by atoms with Crippen LogP contribution in [-0.2, 0) is 13.0 Å². The van der Waals surface area contributed by atoms with Gasteiger partial charge in [0, 0.05) is 6.42 Å². The average Bonchev–Trinajstić information content (AvgIpc) is 3.18. The second-order valence-corrected chi connectivity index (χ2v) is 7.59. The molecule has 4 rings (SSSR count). The summed E-state index contributed by atoms with van der Waals surface area (Å²) >= 11 is 1.41. The van der Waals surface area contributed by atoms with Gasteiger partial charge in [0.15, 0.2) is 5.52 Å². The Morgan fingerprint density at radius 2 is 2.03 bits per heavy atom. The van der Waals surface area contributed by atoms with Gasteiger partial charge in [-0.3, -0.25) is 0 Å². The van der Waals surface area contributed by atoms with E-state index in [1.807, 2.05) is 28.8 Å². The Balaban J connectivity index is 1.64. The molecule has 0 aliphatic rings. The number of halogens is 1. The van der Waals surface area contributed by atoms with Gasteiger partial charge < -0.3 is 20.2 Å². The summed E-state index contributed by atoms with van der Waals surface area (Å²) < 4.78 is 26.1. The van der Waals surface area contributed by atoms with E-state index in [1.165, 1.54) is 23.9 Å². The molecule has 0 radical (unpaired) electrons. The van der Waals surface area contributed by atoms with E-state index in [-0.39, 0.29) is 5.82 Å². The van der Waals surface area contributed by atoms with Gasteiger partial charge in [-0.05, 0) is 47.7 Å². The van der Waals surface area contributed by atoms with E-state index in [4.69, 9.17) is 20.2 Å². The van der Waals surface area contributed by atoms with Gasteiger partial charge >= 0.3 is 0 Å². The van der Waals surface area contributed by atoms with Gasteiger partial charge in [0.2, 0.25) is 17.3 Å². The minimum Gasteiger partial charge on any atom is -0.497 e. The molecule has 4 aromatic rings. The van der Waals surface area contributed by atoms with Crippen LogP contribution in [0.25, 0.3) is 11.2 Å². The molecular weight excluding hydrogens is 405 g/mol. The van der Waals surface area contributed by atoms with Crippen LogP contribution < -0.4 is 19.8 Å². The van der Waals surface area contributed by atoms with E-state index < -0.39 is 0 Å². The quantitative estimate of drug-likeness (QED) is 0.441. The molecule has 0 aliphatic carbocycles. The summed E-state index contributed by atoms with van der Waals surface area (Å²) in [4.78, 5) is 13.1. The Bertz CT molecular complexity index is 1200. The SMILES string of the molecule is COc1ccc(OC)c(Sc2nc3c([nH]2)c(N)nc[n+]3CCc2cccc(F)c2)c1. The van der Waals surface area contributed by atoms with E-state index in [1.54, 1.807) is 26.6 Å². The summed E-state index contributed by atoms with van der Waals surface area (Å²) in [7, 11) is 3.23. The van der Waals surface area contributed by atoms with E-state index in [2.05, 4.69) is 9.97 Å². The second kappa shape index (κ2) is 8.58. The number of nitrogens with two attached hydrogens (primary N) is 1. The highest BCUT2D eigenvalue weighted by Gasteiger charge is 2.20. The number of H-pyrrole nitrogens is 1. The fraction of sp³-hybridized carbons (Fsp3) is 0.190. The number of methoxy groups -OCH3 is 2. The van der Waals surface area contributed by atoms with Gasteiger partial charge in [0.25, 0.3) is 5.65 Å². The number of aromatic amines is 1. The topological polar surface area (TPSA) is 89.9 Å².